The second kappa shape index (κ2) is 6.70. The molecule has 0 aliphatic carbocycles. The van der Waals surface area contributed by atoms with E-state index in [0.29, 0.717) is 0 Å². The summed E-state index contributed by atoms with van der Waals surface area (Å²) >= 11 is 0. The number of hydrogen-bond donors (Lipinski definition) is 0. The number of ketones is 1. The maximum absolute atomic E-state index is 13.1. The first kappa shape index (κ1) is 14.1. The Hall–Kier alpha value is -1.95. The van der Waals surface area contributed by atoms with E-state index in [2.05, 4.69) is 9.47 Å². The lowest BCUT2D eigenvalue weighted by molar-refractivity contribution is -0.137. The fraction of sp³-hybridized carbons (Fsp3) is 0.333. The number of ether oxygens (including phenoxy) is 3. The fourth-order valence-corrected chi connectivity index (χ4v) is 1.23. The molecule has 0 saturated heterocycles. The van der Waals surface area contributed by atoms with Gasteiger partial charge in [0, 0.05) is 7.11 Å². The van der Waals surface area contributed by atoms with Gasteiger partial charge in [-0.25, -0.2) is 9.18 Å². The summed E-state index contributed by atoms with van der Waals surface area (Å²) in [6.07, 6.45) is 0. The molecule has 0 bridgehead atoms. The van der Waals surface area contributed by atoms with E-state index in [1.807, 2.05) is 0 Å². The molecule has 0 aliphatic heterocycles. The quantitative estimate of drug-likeness (QED) is 0.334. The molecule has 0 aromatic heterocycles. The molecule has 1 aromatic carbocycles. The summed E-state index contributed by atoms with van der Waals surface area (Å²) in [5, 5.41) is 0. The molecule has 0 fully saturated rings. The van der Waals surface area contributed by atoms with Gasteiger partial charge in [-0.2, -0.15) is 0 Å². The highest BCUT2D eigenvalue weighted by molar-refractivity contribution is 6.41. The molecule has 18 heavy (non-hydrogen) atoms. The third-order valence-electron chi connectivity index (χ3n) is 1.98. The van der Waals surface area contributed by atoms with Crippen LogP contribution in [0.25, 0.3) is 0 Å². The van der Waals surface area contributed by atoms with Crippen molar-refractivity contribution >= 4 is 11.8 Å². The SMILES string of the molecule is CCOC(=O)C(=O)c1cc(F)ccc1OCOC. The third kappa shape index (κ3) is 3.53. The van der Waals surface area contributed by atoms with Crippen LogP contribution in [0.15, 0.2) is 18.2 Å². The van der Waals surface area contributed by atoms with Crippen molar-refractivity contribution in [1.82, 2.24) is 0 Å². The Balaban J connectivity index is 3.00. The second-order valence-electron chi connectivity index (χ2n) is 3.24. The minimum absolute atomic E-state index is 0.0636. The molecule has 0 spiro atoms. The number of carbonyl (C=O) groups excluding carboxylic acids is 2. The predicted molar refractivity (Wildman–Crippen MR) is 59.9 cm³/mol. The Bertz CT molecular complexity index is 444. The summed E-state index contributed by atoms with van der Waals surface area (Å²) < 4.78 is 27.4. The van der Waals surface area contributed by atoms with Gasteiger partial charge in [0.25, 0.3) is 5.78 Å². The van der Waals surface area contributed by atoms with E-state index < -0.39 is 17.6 Å². The first-order valence-electron chi connectivity index (χ1n) is 5.22. The fourth-order valence-electron chi connectivity index (χ4n) is 1.23. The van der Waals surface area contributed by atoms with Crippen LogP contribution >= 0.6 is 0 Å². The Morgan fingerprint density at radius 2 is 2.06 bits per heavy atom. The number of rotatable bonds is 6. The van der Waals surface area contributed by atoms with E-state index in [9.17, 15) is 14.0 Å². The van der Waals surface area contributed by atoms with Gasteiger partial charge in [-0.3, -0.25) is 4.79 Å². The van der Waals surface area contributed by atoms with Crippen molar-refractivity contribution in [3.05, 3.63) is 29.6 Å². The number of benzene rings is 1. The summed E-state index contributed by atoms with van der Waals surface area (Å²) in [6.45, 7) is 1.52. The topological polar surface area (TPSA) is 61.8 Å². The highest BCUT2D eigenvalue weighted by atomic mass is 19.1. The molecule has 0 saturated carbocycles. The maximum Gasteiger partial charge on any atom is 0.379 e. The molecule has 6 heteroatoms. The van der Waals surface area contributed by atoms with Crippen LogP contribution in [0.3, 0.4) is 0 Å². The minimum Gasteiger partial charge on any atom is -0.467 e. The average molecular weight is 256 g/mol. The number of Topliss-reactive ketones (excluding diaryl/α,β-unsaturated/α-hetero) is 1. The van der Waals surface area contributed by atoms with Gasteiger partial charge in [-0.1, -0.05) is 0 Å². The van der Waals surface area contributed by atoms with Crippen LogP contribution in [-0.4, -0.2) is 32.3 Å². The smallest absolute Gasteiger partial charge is 0.379 e. The average Bonchev–Trinajstić information content (AvgIpc) is 2.36. The minimum atomic E-state index is -1.05. The Kier molecular flexibility index (Phi) is 5.26. The maximum atomic E-state index is 13.1. The molecule has 0 unspecified atom stereocenters. The van der Waals surface area contributed by atoms with Gasteiger partial charge >= 0.3 is 5.97 Å². The summed E-state index contributed by atoms with van der Waals surface area (Å²) in [6, 6.07) is 3.29. The Morgan fingerprint density at radius 3 is 2.67 bits per heavy atom. The van der Waals surface area contributed by atoms with Crippen LogP contribution in [0.5, 0.6) is 5.75 Å². The van der Waals surface area contributed by atoms with E-state index >= 15 is 0 Å². The highest BCUT2D eigenvalue weighted by Gasteiger charge is 2.22. The van der Waals surface area contributed by atoms with Crippen LogP contribution in [0.4, 0.5) is 4.39 Å². The van der Waals surface area contributed by atoms with Crippen molar-refractivity contribution in [1.29, 1.82) is 0 Å². The zero-order valence-corrected chi connectivity index (χ0v) is 10.1. The van der Waals surface area contributed by atoms with Crippen molar-refractivity contribution in [2.75, 3.05) is 20.5 Å². The van der Waals surface area contributed by atoms with Crippen LogP contribution in [0.1, 0.15) is 17.3 Å². The molecule has 0 N–H and O–H groups in total. The molecule has 5 nitrogen and oxygen atoms in total. The molecule has 0 amide bonds. The molecular formula is C12H13FO5. The summed E-state index contributed by atoms with van der Waals surface area (Å²) in [7, 11) is 1.40. The van der Waals surface area contributed by atoms with Gasteiger partial charge in [0.2, 0.25) is 0 Å². The molecule has 1 aromatic rings. The first-order valence-corrected chi connectivity index (χ1v) is 5.22. The van der Waals surface area contributed by atoms with E-state index in [0.717, 1.165) is 12.1 Å². The molecule has 0 atom stereocenters. The Morgan fingerprint density at radius 1 is 1.33 bits per heavy atom. The number of methoxy groups -OCH3 is 1. The monoisotopic (exact) mass is 256 g/mol. The van der Waals surface area contributed by atoms with Crippen LogP contribution in [-0.2, 0) is 14.3 Å². The van der Waals surface area contributed by atoms with Crippen molar-refractivity contribution in [3.8, 4) is 5.75 Å². The van der Waals surface area contributed by atoms with Crippen molar-refractivity contribution < 1.29 is 28.2 Å². The van der Waals surface area contributed by atoms with Gasteiger partial charge in [0.05, 0.1) is 12.2 Å². The highest BCUT2D eigenvalue weighted by Crippen LogP contribution is 2.20. The van der Waals surface area contributed by atoms with Crippen LogP contribution in [0.2, 0.25) is 0 Å². The van der Waals surface area contributed by atoms with Gasteiger partial charge < -0.3 is 14.2 Å². The molecule has 1 rings (SSSR count). The zero-order valence-electron chi connectivity index (χ0n) is 10.1. The number of hydrogen-bond acceptors (Lipinski definition) is 5. The van der Waals surface area contributed by atoms with Crippen LogP contribution < -0.4 is 4.74 Å². The van der Waals surface area contributed by atoms with Gasteiger partial charge in [-0.05, 0) is 25.1 Å². The number of esters is 1. The Labute approximate surface area is 103 Å². The predicted octanol–water partition coefficient (Wildman–Crippen LogP) is 1.55. The molecule has 98 valence electrons. The third-order valence-corrected chi connectivity index (χ3v) is 1.98. The van der Waals surface area contributed by atoms with Gasteiger partial charge in [-0.15, -0.1) is 0 Å². The van der Waals surface area contributed by atoms with E-state index in [-0.39, 0.29) is 24.7 Å². The standard InChI is InChI=1S/C12H13FO5/c1-3-17-12(15)11(14)9-6-8(13)4-5-10(9)18-7-16-2/h4-6H,3,7H2,1-2H3. The molecular weight excluding hydrogens is 243 g/mol. The van der Waals surface area contributed by atoms with E-state index in [1.165, 1.54) is 13.2 Å². The summed E-state index contributed by atoms with van der Waals surface area (Å²) in [4.78, 5) is 23.0. The lowest BCUT2D eigenvalue weighted by Crippen LogP contribution is -2.19. The molecule has 0 heterocycles. The lowest BCUT2D eigenvalue weighted by Gasteiger charge is -2.09. The van der Waals surface area contributed by atoms with Crippen molar-refractivity contribution in [2.24, 2.45) is 0 Å². The molecule has 0 aliphatic rings. The largest absolute Gasteiger partial charge is 0.467 e. The van der Waals surface area contributed by atoms with Crippen molar-refractivity contribution in [3.63, 3.8) is 0 Å². The lowest BCUT2D eigenvalue weighted by atomic mass is 10.1. The molecule has 0 radical (unpaired) electrons. The van der Waals surface area contributed by atoms with E-state index in [4.69, 9.17) is 4.74 Å². The number of carbonyl (C=O) groups is 2. The second-order valence-corrected chi connectivity index (χ2v) is 3.24. The number of halogens is 1. The normalized spacial score (nSPS) is 9.94. The van der Waals surface area contributed by atoms with Gasteiger partial charge in [0.15, 0.2) is 6.79 Å². The van der Waals surface area contributed by atoms with Crippen molar-refractivity contribution in [2.45, 2.75) is 6.92 Å². The van der Waals surface area contributed by atoms with Gasteiger partial charge in [0.1, 0.15) is 11.6 Å². The summed E-state index contributed by atoms with van der Waals surface area (Å²) in [5.74, 6) is -2.59. The zero-order chi connectivity index (χ0) is 13.5. The van der Waals surface area contributed by atoms with E-state index in [1.54, 1.807) is 6.92 Å². The van der Waals surface area contributed by atoms with Crippen LogP contribution in [0, 0.1) is 5.82 Å². The summed E-state index contributed by atoms with van der Waals surface area (Å²) in [5.41, 5.74) is -0.189. The first-order chi connectivity index (χ1) is 8.60.